The molecule has 1 aromatic rings. The van der Waals surface area contributed by atoms with Gasteiger partial charge in [-0.15, -0.1) is 0 Å². The van der Waals surface area contributed by atoms with Gasteiger partial charge in [0.25, 0.3) is 0 Å². The third-order valence-electron chi connectivity index (χ3n) is 2.80. The monoisotopic (exact) mass is 193 g/mol. The maximum atomic E-state index is 4.23. The van der Waals surface area contributed by atoms with Crippen LogP contribution in [0.15, 0.2) is 12.5 Å². The highest BCUT2D eigenvalue weighted by molar-refractivity contribution is 5.03. The van der Waals surface area contributed by atoms with Crippen LogP contribution >= 0.6 is 0 Å². The zero-order chi connectivity index (χ0) is 9.80. The van der Waals surface area contributed by atoms with Gasteiger partial charge in [0, 0.05) is 17.9 Å². The highest BCUT2D eigenvalue weighted by atomic mass is 15.1. The third kappa shape index (κ3) is 2.35. The summed E-state index contributed by atoms with van der Waals surface area (Å²) < 4.78 is 2.36. The van der Waals surface area contributed by atoms with Gasteiger partial charge in [0.1, 0.15) is 0 Å². The van der Waals surface area contributed by atoms with Crippen LogP contribution in [-0.4, -0.2) is 23.1 Å². The van der Waals surface area contributed by atoms with E-state index in [2.05, 4.69) is 14.9 Å². The van der Waals surface area contributed by atoms with Crippen molar-refractivity contribution in [1.82, 2.24) is 14.9 Å². The van der Waals surface area contributed by atoms with E-state index in [1.807, 2.05) is 19.6 Å². The molecule has 78 valence electrons. The molecule has 0 spiro atoms. The number of nitrogens with one attached hydrogen (secondary N) is 1. The Morgan fingerprint density at radius 1 is 1.50 bits per heavy atom. The molecule has 0 saturated heterocycles. The summed E-state index contributed by atoms with van der Waals surface area (Å²) in [4.78, 5) is 4.23. The van der Waals surface area contributed by atoms with Gasteiger partial charge in [-0.1, -0.05) is 0 Å². The molecule has 0 unspecified atom stereocenters. The maximum Gasteiger partial charge on any atom is 0.0950 e. The molecule has 3 nitrogen and oxygen atoms in total. The lowest BCUT2D eigenvalue weighted by molar-refractivity contribution is 0.633. The van der Waals surface area contributed by atoms with Gasteiger partial charge >= 0.3 is 0 Å². The first-order valence-electron chi connectivity index (χ1n) is 5.57. The number of hydrogen-bond acceptors (Lipinski definition) is 2. The van der Waals surface area contributed by atoms with E-state index in [-0.39, 0.29) is 0 Å². The predicted molar refractivity (Wildman–Crippen MR) is 57.4 cm³/mol. The Bertz CT molecular complexity index is 276. The Balaban J connectivity index is 1.80. The van der Waals surface area contributed by atoms with Crippen LogP contribution in [0.3, 0.4) is 0 Å². The van der Waals surface area contributed by atoms with Crippen LogP contribution in [0, 0.1) is 0 Å². The second kappa shape index (κ2) is 4.60. The Morgan fingerprint density at radius 2 is 2.36 bits per heavy atom. The molecule has 0 bridgehead atoms. The molecular formula is C11H19N3. The van der Waals surface area contributed by atoms with E-state index < -0.39 is 0 Å². The normalized spacial score (nSPS) is 16.1. The number of aromatic nitrogens is 2. The fraction of sp³-hybridized carbons (Fsp3) is 0.727. The summed E-state index contributed by atoms with van der Waals surface area (Å²) in [5.41, 5.74) is 1.42. The molecule has 0 amide bonds. The van der Waals surface area contributed by atoms with Crippen molar-refractivity contribution < 1.29 is 0 Å². The molecule has 14 heavy (non-hydrogen) atoms. The van der Waals surface area contributed by atoms with Gasteiger partial charge in [0.2, 0.25) is 0 Å². The van der Waals surface area contributed by atoms with Gasteiger partial charge in [0.05, 0.1) is 6.33 Å². The van der Waals surface area contributed by atoms with Crippen molar-refractivity contribution in [2.24, 2.45) is 0 Å². The zero-order valence-corrected chi connectivity index (χ0v) is 8.87. The Kier molecular flexibility index (Phi) is 3.19. The van der Waals surface area contributed by atoms with Crippen LogP contribution in [0.25, 0.3) is 0 Å². The highest BCUT2D eigenvalue weighted by Crippen LogP contribution is 2.35. The first-order chi connectivity index (χ1) is 6.92. The van der Waals surface area contributed by atoms with E-state index in [0.717, 1.165) is 12.6 Å². The Labute approximate surface area is 85.5 Å². The molecule has 1 aromatic heterocycles. The molecule has 1 saturated carbocycles. The van der Waals surface area contributed by atoms with Crippen LogP contribution in [0.5, 0.6) is 0 Å². The van der Waals surface area contributed by atoms with E-state index >= 15 is 0 Å². The van der Waals surface area contributed by atoms with Crippen molar-refractivity contribution in [2.45, 2.75) is 38.1 Å². The van der Waals surface area contributed by atoms with Crippen LogP contribution in [-0.2, 0) is 6.42 Å². The van der Waals surface area contributed by atoms with Gasteiger partial charge in [0.15, 0.2) is 0 Å². The molecular weight excluding hydrogens is 174 g/mol. The van der Waals surface area contributed by atoms with Crippen molar-refractivity contribution in [3.63, 3.8) is 0 Å². The predicted octanol–water partition coefficient (Wildman–Crippen LogP) is 1.76. The SMILES string of the molecule is CNCCCCc1cncn1C1CC1. The molecule has 1 aliphatic carbocycles. The average molecular weight is 193 g/mol. The van der Waals surface area contributed by atoms with Crippen molar-refractivity contribution in [2.75, 3.05) is 13.6 Å². The number of aryl methyl sites for hydroxylation is 1. The molecule has 0 radical (unpaired) electrons. The zero-order valence-electron chi connectivity index (χ0n) is 8.87. The van der Waals surface area contributed by atoms with E-state index in [1.54, 1.807) is 0 Å². The van der Waals surface area contributed by atoms with Gasteiger partial charge in [-0.3, -0.25) is 0 Å². The van der Waals surface area contributed by atoms with Gasteiger partial charge in [-0.2, -0.15) is 0 Å². The fourth-order valence-corrected chi connectivity index (χ4v) is 1.82. The van der Waals surface area contributed by atoms with Crippen molar-refractivity contribution in [3.8, 4) is 0 Å². The van der Waals surface area contributed by atoms with Crippen LogP contribution in [0.1, 0.15) is 37.4 Å². The molecule has 0 aliphatic heterocycles. The van der Waals surface area contributed by atoms with E-state index in [9.17, 15) is 0 Å². The third-order valence-corrected chi connectivity index (χ3v) is 2.80. The standard InChI is InChI=1S/C11H19N3/c1-12-7-3-2-4-11-8-13-9-14(11)10-5-6-10/h8-10,12H,2-7H2,1H3. The topological polar surface area (TPSA) is 29.9 Å². The fourth-order valence-electron chi connectivity index (χ4n) is 1.82. The lowest BCUT2D eigenvalue weighted by atomic mass is 10.2. The van der Waals surface area contributed by atoms with E-state index in [1.165, 1.54) is 37.8 Å². The minimum absolute atomic E-state index is 0.775. The summed E-state index contributed by atoms with van der Waals surface area (Å²) >= 11 is 0. The maximum absolute atomic E-state index is 4.23. The molecule has 3 heteroatoms. The summed E-state index contributed by atoms with van der Waals surface area (Å²) in [5.74, 6) is 0. The minimum atomic E-state index is 0.775. The van der Waals surface area contributed by atoms with Gasteiger partial charge < -0.3 is 9.88 Å². The molecule has 1 heterocycles. The summed E-state index contributed by atoms with van der Waals surface area (Å²) in [7, 11) is 2.01. The number of hydrogen-bond donors (Lipinski definition) is 1. The first-order valence-corrected chi connectivity index (χ1v) is 5.57. The van der Waals surface area contributed by atoms with Crippen LogP contribution in [0.4, 0.5) is 0 Å². The smallest absolute Gasteiger partial charge is 0.0950 e. The second-order valence-corrected chi connectivity index (χ2v) is 4.08. The van der Waals surface area contributed by atoms with Crippen molar-refractivity contribution in [3.05, 3.63) is 18.2 Å². The number of rotatable bonds is 6. The van der Waals surface area contributed by atoms with Gasteiger partial charge in [-0.05, 0) is 45.7 Å². The lowest BCUT2D eigenvalue weighted by Gasteiger charge is -2.05. The minimum Gasteiger partial charge on any atom is -0.332 e. The van der Waals surface area contributed by atoms with Crippen molar-refractivity contribution in [1.29, 1.82) is 0 Å². The largest absolute Gasteiger partial charge is 0.332 e. The molecule has 1 fully saturated rings. The number of nitrogens with zero attached hydrogens (tertiary/aromatic N) is 2. The summed E-state index contributed by atoms with van der Waals surface area (Å²) in [5, 5.41) is 3.18. The first kappa shape index (κ1) is 9.71. The number of imidazole rings is 1. The summed E-state index contributed by atoms with van der Waals surface area (Å²) in [6.07, 6.45) is 10.4. The van der Waals surface area contributed by atoms with Crippen LogP contribution in [0.2, 0.25) is 0 Å². The quantitative estimate of drug-likeness (QED) is 0.698. The second-order valence-electron chi connectivity index (χ2n) is 4.08. The number of unbranched alkanes of at least 4 members (excludes halogenated alkanes) is 1. The summed E-state index contributed by atoms with van der Waals surface area (Å²) in [6.45, 7) is 1.12. The summed E-state index contributed by atoms with van der Waals surface area (Å²) in [6, 6.07) is 0.775. The molecule has 2 rings (SSSR count). The van der Waals surface area contributed by atoms with E-state index in [0.29, 0.717) is 0 Å². The Morgan fingerprint density at radius 3 is 3.07 bits per heavy atom. The van der Waals surface area contributed by atoms with Gasteiger partial charge in [-0.25, -0.2) is 4.98 Å². The average Bonchev–Trinajstić information content (AvgIpc) is 2.94. The molecule has 0 aromatic carbocycles. The van der Waals surface area contributed by atoms with E-state index in [4.69, 9.17) is 0 Å². The molecule has 0 atom stereocenters. The lowest BCUT2D eigenvalue weighted by Crippen LogP contribution is -2.08. The Hall–Kier alpha value is -0.830. The molecule has 1 N–H and O–H groups in total. The van der Waals surface area contributed by atoms with Crippen molar-refractivity contribution >= 4 is 0 Å². The highest BCUT2D eigenvalue weighted by Gasteiger charge is 2.24. The van der Waals surface area contributed by atoms with Crippen LogP contribution < -0.4 is 5.32 Å². The molecule has 1 aliphatic rings.